The predicted octanol–water partition coefficient (Wildman–Crippen LogP) is 9.59. The van der Waals surface area contributed by atoms with Crippen molar-refractivity contribution in [2.75, 3.05) is 4.81 Å². The van der Waals surface area contributed by atoms with Gasteiger partial charge in [0.1, 0.15) is 0 Å². The molecule has 248 valence electrons. The zero-order chi connectivity index (χ0) is 34.0. The summed E-state index contributed by atoms with van der Waals surface area (Å²) in [6, 6.07) is 28.1. The number of rotatable bonds is 6. The van der Waals surface area contributed by atoms with Gasteiger partial charge >= 0.3 is 227 Å². The second-order valence-electron chi connectivity index (χ2n) is 14.8. The Kier molecular flexibility index (Phi) is 8.14. The second-order valence-corrected chi connectivity index (χ2v) is 15.8. The number of fused-ring (bicyclic) bond motifs is 4. The van der Waals surface area contributed by atoms with Crippen LogP contribution in [0.15, 0.2) is 91.3 Å². The molecule has 1 aliphatic rings. The molecule has 48 heavy (non-hydrogen) atoms. The van der Waals surface area contributed by atoms with E-state index in [0.29, 0.717) is 0 Å². The summed E-state index contributed by atoms with van der Waals surface area (Å²) in [6.07, 6.45) is 5.78. The normalized spacial score (nSPS) is 13.2. The predicted molar refractivity (Wildman–Crippen MR) is 193 cm³/mol. The maximum atomic E-state index is 6.84. The Morgan fingerprint density at radius 3 is 2.27 bits per heavy atom. The molecular formula is C39H43BN6OPt. The van der Waals surface area contributed by atoms with Gasteiger partial charge in [-0.2, -0.15) is 5.10 Å². The molecule has 0 unspecified atom stereocenters. The van der Waals surface area contributed by atoms with Gasteiger partial charge in [0.05, 0.1) is 0 Å². The van der Waals surface area contributed by atoms with Crippen molar-refractivity contribution in [1.82, 2.24) is 23.8 Å². The molecule has 0 amide bonds. The summed E-state index contributed by atoms with van der Waals surface area (Å²) in [5, 5.41) is 4.81. The van der Waals surface area contributed by atoms with E-state index < -0.39 is 0 Å². The van der Waals surface area contributed by atoms with Crippen LogP contribution in [0.4, 0.5) is 11.5 Å². The fraction of sp³-hybridized carbons (Fsp3) is 0.308. The van der Waals surface area contributed by atoms with Crippen LogP contribution >= 0.6 is 0 Å². The Morgan fingerprint density at radius 2 is 1.54 bits per heavy atom. The Morgan fingerprint density at radius 1 is 0.792 bits per heavy atom. The molecule has 7 nitrogen and oxygen atoms in total. The van der Waals surface area contributed by atoms with E-state index in [1.165, 1.54) is 16.6 Å². The van der Waals surface area contributed by atoms with Crippen molar-refractivity contribution >= 4 is 29.5 Å². The van der Waals surface area contributed by atoms with E-state index in [2.05, 4.69) is 172 Å². The summed E-state index contributed by atoms with van der Waals surface area (Å²) in [7, 11) is 2.12. The smallest absolute Gasteiger partial charge is 0.192 e. The average Bonchev–Trinajstić information content (AvgIpc) is 3.63. The SMILES string of the molecule is CCCB1N(c2cc(C(C)(C)C)ccn2)c2cc(Oc3cc(-n4[c](=[Pt])n(C)c5ccccc54)cc(C(C)(C)C)c3)ccc2-c2ccnn21. The molecule has 9 heteroatoms. The van der Waals surface area contributed by atoms with Gasteiger partial charge in [-0.3, -0.25) is 0 Å². The number of para-hydroxylation sites is 2. The zero-order valence-corrected chi connectivity index (χ0v) is 31.3. The second kappa shape index (κ2) is 12.1. The Labute approximate surface area is 294 Å². The molecule has 0 spiro atoms. The first-order valence-electron chi connectivity index (χ1n) is 16.7. The molecule has 0 radical (unpaired) electrons. The number of ether oxygens (including phenoxy) is 1. The quantitative estimate of drug-likeness (QED) is 0.157. The fourth-order valence-electron chi connectivity index (χ4n) is 6.68. The molecular weight excluding hydrogens is 774 g/mol. The minimum absolute atomic E-state index is 0.00585. The molecule has 7 rings (SSSR count). The first-order chi connectivity index (χ1) is 22.8. The fourth-order valence-corrected chi connectivity index (χ4v) is 7.52. The maximum absolute atomic E-state index is 6.84. The van der Waals surface area contributed by atoms with Crippen molar-refractivity contribution < 1.29 is 24.1 Å². The molecule has 0 atom stereocenters. The summed E-state index contributed by atoms with van der Waals surface area (Å²) >= 11 is 2.42. The van der Waals surface area contributed by atoms with E-state index in [0.717, 1.165) is 62.0 Å². The Hall–Kier alpha value is -4.16. The third-order valence-electron chi connectivity index (χ3n) is 9.32. The van der Waals surface area contributed by atoms with Crippen LogP contribution in [0.25, 0.3) is 28.0 Å². The van der Waals surface area contributed by atoms with Crippen LogP contribution < -0.4 is 9.55 Å². The van der Waals surface area contributed by atoms with E-state index in [9.17, 15) is 0 Å². The Balaban J connectivity index is 1.37. The number of hydrogen-bond acceptors (Lipinski definition) is 4. The minimum Gasteiger partial charge on any atom is -0.192 e. The van der Waals surface area contributed by atoms with E-state index in [1.54, 1.807) is 0 Å². The van der Waals surface area contributed by atoms with E-state index in [4.69, 9.17) is 14.8 Å². The van der Waals surface area contributed by atoms with E-state index in [1.807, 2.05) is 12.4 Å². The molecule has 0 aliphatic carbocycles. The molecule has 3 aromatic carbocycles. The van der Waals surface area contributed by atoms with Crippen LogP contribution in [-0.4, -0.2) is 30.8 Å². The van der Waals surface area contributed by atoms with Crippen molar-refractivity contribution in [3.63, 3.8) is 0 Å². The van der Waals surface area contributed by atoms with Gasteiger partial charge < -0.3 is 0 Å². The Bertz CT molecular complexity index is 2220. The van der Waals surface area contributed by atoms with Gasteiger partial charge in [0.25, 0.3) is 0 Å². The van der Waals surface area contributed by atoms with Gasteiger partial charge in [0.15, 0.2) is 0 Å². The molecule has 6 aromatic rings. The number of hydrogen-bond donors (Lipinski definition) is 0. The number of benzene rings is 3. The molecule has 0 N–H and O–H groups in total. The summed E-state index contributed by atoms with van der Waals surface area (Å²) in [6.45, 7) is 15.7. The van der Waals surface area contributed by atoms with Crippen molar-refractivity contribution in [3.05, 3.63) is 106 Å². The van der Waals surface area contributed by atoms with Crippen LogP contribution in [0.5, 0.6) is 11.5 Å². The van der Waals surface area contributed by atoms with Crippen LogP contribution in [-0.2, 0) is 37.2 Å². The number of aromatic nitrogens is 5. The summed E-state index contributed by atoms with van der Waals surface area (Å²) < 4.78 is 14.7. The molecule has 0 saturated carbocycles. The van der Waals surface area contributed by atoms with E-state index >= 15 is 0 Å². The van der Waals surface area contributed by atoms with Gasteiger partial charge in [-0.15, -0.1) is 0 Å². The summed E-state index contributed by atoms with van der Waals surface area (Å²) in [4.78, 5) is 7.29. The standard InChI is InChI=1S/C39H43BN6O.Pt/c1-9-18-40-45(37-23-27(16-19-41-37)38(2,3)4)36-25-30(14-15-32(36)33-17-20-42-46(33)40)47-31-22-28(39(5,6)7)21-29(24-31)44-26-43(8)34-12-10-11-13-35(34)44;/h10-17,19-25H,9,18H2,1-8H3;. The van der Waals surface area contributed by atoms with Gasteiger partial charge in [-0.25, -0.2) is 0 Å². The van der Waals surface area contributed by atoms with Crippen LogP contribution in [0, 0.1) is 3.80 Å². The molecule has 0 bridgehead atoms. The van der Waals surface area contributed by atoms with Crippen LogP contribution in [0.1, 0.15) is 66.0 Å². The molecule has 3 aromatic heterocycles. The van der Waals surface area contributed by atoms with Crippen LogP contribution in [0.2, 0.25) is 6.32 Å². The number of anilines is 2. The summed E-state index contributed by atoms with van der Waals surface area (Å²) in [5.41, 5.74) is 9.09. The third-order valence-corrected chi connectivity index (χ3v) is 10.6. The van der Waals surface area contributed by atoms with Gasteiger partial charge in [-0.1, -0.05) is 34.1 Å². The molecule has 0 saturated heterocycles. The van der Waals surface area contributed by atoms with Gasteiger partial charge in [-0.05, 0) is 17.0 Å². The van der Waals surface area contributed by atoms with Crippen LogP contribution in [0.3, 0.4) is 0 Å². The van der Waals surface area contributed by atoms with Crippen molar-refractivity contribution in [2.45, 2.75) is 72.0 Å². The molecule has 1 aliphatic heterocycles. The van der Waals surface area contributed by atoms with Gasteiger partial charge in [0.2, 0.25) is 0 Å². The minimum atomic E-state index is -0.0763. The number of imidazole rings is 1. The number of nitrogens with zero attached hydrogens (tertiary/aromatic N) is 6. The van der Waals surface area contributed by atoms with Gasteiger partial charge in [0, 0.05) is 12.4 Å². The van der Waals surface area contributed by atoms with Crippen molar-refractivity contribution in [3.8, 4) is 28.4 Å². The molecule has 0 fully saturated rings. The first-order valence-corrected chi connectivity index (χ1v) is 17.9. The average molecular weight is 818 g/mol. The molecule has 4 heterocycles. The number of pyridine rings is 1. The third kappa shape index (κ3) is 5.68. The first kappa shape index (κ1) is 32.4. The van der Waals surface area contributed by atoms with Crippen molar-refractivity contribution in [2.24, 2.45) is 7.05 Å². The monoisotopic (exact) mass is 817 g/mol. The van der Waals surface area contributed by atoms with Crippen molar-refractivity contribution in [1.29, 1.82) is 0 Å². The summed E-state index contributed by atoms with van der Waals surface area (Å²) in [5.74, 6) is 2.50. The number of aryl methyl sites for hydroxylation is 1. The van der Waals surface area contributed by atoms with E-state index in [-0.39, 0.29) is 17.8 Å². The zero-order valence-electron chi connectivity index (χ0n) is 29.1. The topological polar surface area (TPSA) is 53.0 Å².